The summed E-state index contributed by atoms with van der Waals surface area (Å²) in [7, 11) is 1.93. The molecule has 0 aliphatic carbocycles. The van der Waals surface area contributed by atoms with E-state index in [1.807, 2.05) is 17.9 Å². The summed E-state index contributed by atoms with van der Waals surface area (Å²) >= 11 is 1.11. The van der Waals surface area contributed by atoms with Crippen LogP contribution in [-0.2, 0) is 20.0 Å². The van der Waals surface area contributed by atoms with Crippen LogP contribution >= 0.6 is 11.3 Å². The Kier molecular flexibility index (Phi) is 4.73. The Morgan fingerprint density at radius 3 is 2.77 bits per heavy atom. The second kappa shape index (κ2) is 7.19. The molecule has 30 heavy (non-hydrogen) atoms. The lowest BCUT2D eigenvalue weighted by molar-refractivity contribution is -0.126. The van der Waals surface area contributed by atoms with Crippen LogP contribution < -0.4 is 4.90 Å². The van der Waals surface area contributed by atoms with Gasteiger partial charge in [-0.05, 0) is 25.5 Å². The zero-order valence-corrected chi connectivity index (χ0v) is 17.5. The van der Waals surface area contributed by atoms with Gasteiger partial charge in [-0.15, -0.1) is 11.3 Å². The second-order valence-electron chi connectivity index (χ2n) is 8.58. The predicted octanol–water partition coefficient (Wildman–Crippen LogP) is 3.63. The first-order chi connectivity index (χ1) is 14.3. The topological polar surface area (TPSA) is 50.1 Å². The molecule has 5 heterocycles. The van der Waals surface area contributed by atoms with Gasteiger partial charge < -0.3 is 4.90 Å². The quantitative estimate of drug-likeness (QED) is 0.625. The molecule has 160 valence electrons. The molecule has 2 aliphatic rings. The second-order valence-corrected chi connectivity index (χ2v) is 9.69. The van der Waals surface area contributed by atoms with E-state index in [9.17, 15) is 13.2 Å². The Balaban J connectivity index is 1.31. The highest BCUT2D eigenvalue weighted by molar-refractivity contribution is 7.18. The summed E-state index contributed by atoms with van der Waals surface area (Å²) in [6.07, 6.45) is 2.51. The zero-order chi connectivity index (χ0) is 20.9. The number of aryl methyl sites for hydroxylation is 1. The van der Waals surface area contributed by atoms with Crippen LogP contribution in [0.25, 0.3) is 10.2 Å². The first-order valence-electron chi connectivity index (χ1n) is 10.0. The van der Waals surface area contributed by atoms with Crippen LogP contribution in [0.4, 0.5) is 19.0 Å². The van der Waals surface area contributed by atoms with Crippen molar-refractivity contribution in [2.24, 2.45) is 12.5 Å². The number of nitrogens with zero attached hydrogens (tertiary/aromatic N) is 6. The molecule has 6 nitrogen and oxygen atoms in total. The predicted molar refractivity (Wildman–Crippen MR) is 110 cm³/mol. The van der Waals surface area contributed by atoms with Crippen molar-refractivity contribution in [3.05, 3.63) is 35.2 Å². The van der Waals surface area contributed by atoms with Crippen molar-refractivity contribution in [3.63, 3.8) is 0 Å². The number of rotatable bonds is 4. The third-order valence-corrected chi connectivity index (χ3v) is 7.20. The van der Waals surface area contributed by atoms with Gasteiger partial charge in [-0.2, -0.15) is 18.3 Å². The molecular weight excluding hydrogens is 413 g/mol. The molecule has 10 heteroatoms. The molecule has 0 bridgehead atoms. The molecule has 2 aliphatic heterocycles. The SMILES string of the molecule is Cn1cc(CN2CCC3(CCN(c4ncnc5sc(CC(F)(F)F)cc45)C3)C2)cn1. The maximum atomic E-state index is 12.8. The van der Waals surface area contributed by atoms with Crippen molar-refractivity contribution in [2.75, 3.05) is 31.1 Å². The first kappa shape index (κ1) is 19.7. The Hall–Kier alpha value is -2.20. The highest BCUT2D eigenvalue weighted by Crippen LogP contribution is 2.43. The van der Waals surface area contributed by atoms with Crippen molar-refractivity contribution in [2.45, 2.75) is 32.0 Å². The van der Waals surface area contributed by atoms with Gasteiger partial charge in [-0.25, -0.2) is 9.97 Å². The number of hydrogen-bond acceptors (Lipinski definition) is 6. The van der Waals surface area contributed by atoms with E-state index in [2.05, 4.69) is 31.1 Å². The molecule has 1 atom stereocenters. The van der Waals surface area contributed by atoms with Crippen molar-refractivity contribution in [1.29, 1.82) is 0 Å². The molecule has 0 N–H and O–H groups in total. The highest BCUT2D eigenvalue weighted by atomic mass is 32.1. The van der Waals surface area contributed by atoms with Gasteiger partial charge >= 0.3 is 6.18 Å². The molecule has 3 aromatic rings. The average Bonchev–Trinajstić information content (AvgIpc) is 3.43. The number of aromatic nitrogens is 4. The summed E-state index contributed by atoms with van der Waals surface area (Å²) in [6.45, 7) is 4.73. The molecular formula is C20H23F3N6S. The minimum absolute atomic E-state index is 0.213. The van der Waals surface area contributed by atoms with Crippen LogP contribution in [0.3, 0.4) is 0 Å². The van der Waals surface area contributed by atoms with Crippen LogP contribution in [0, 0.1) is 5.41 Å². The smallest absolute Gasteiger partial charge is 0.355 e. The lowest BCUT2D eigenvalue weighted by Gasteiger charge is -2.25. The van der Waals surface area contributed by atoms with Crippen molar-refractivity contribution in [1.82, 2.24) is 24.6 Å². The lowest BCUT2D eigenvalue weighted by atomic mass is 9.86. The summed E-state index contributed by atoms with van der Waals surface area (Å²) in [4.78, 5) is 14.3. The van der Waals surface area contributed by atoms with Gasteiger partial charge in [0.25, 0.3) is 0 Å². The molecule has 1 spiro atoms. The number of fused-ring (bicyclic) bond motifs is 1. The van der Waals surface area contributed by atoms with Gasteiger partial charge in [0.05, 0.1) is 18.0 Å². The number of alkyl halides is 3. The van der Waals surface area contributed by atoms with Gasteiger partial charge in [-0.3, -0.25) is 9.58 Å². The zero-order valence-electron chi connectivity index (χ0n) is 16.7. The minimum Gasteiger partial charge on any atom is -0.355 e. The minimum atomic E-state index is -4.21. The lowest BCUT2D eigenvalue weighted by Crippen LogP contribution is -2.31. The summed E-state index contributed by atoms with van der Waals surface area (Å²) in [5.74, 6) is 0.771. The molecule has 0 saturated carbocycles. The van der Waals surface area contributed by atoms with Gasteiger partial charge in [0.2, 0.25) is 0 Å². The third kappa shape index (κ3) is 3.90. The van der Waals surface area contributed by atoms with Crippen LogP contribution in [0.15, 0.2) is 24.8 Å². The molecule has 2 fully saturated rings. The average molecular weight is 437 g/mol. The summed E-state index contributed by atoms with van der Waals surface area (Å²) in [6, 6.07) is 1.62. The van der Waals surface area contributed by atoms with Crippen LogP contribution in [0.1, 0.15) is 23.3 Å². The number of anilines is 1. The number of hydrogen-bond donors (Lipinski definition) is 0. The largest absolute Gasteiger partial charge is 0.393 e. The number of thiophene rings is 1. The van der Waals surface area contributed by atoms with Crippen molar-refractivity contribution < 1.29 is 13.2 Å². The molecule has 0 aromatic carbocycles. The van der Waals surface area contributed by atoms with E-state index < -0.39 is 12.6 Å². The maximum absolute atomic E-state index is 12.8. The molecule has 0 radical (unpaired) electrons. The van der Waals surface area contributed by atoms with Crippen LogP contribution in [0.2, 0.25) is 0 Å². The molecule has 3 aromatic heterocycles. The van der Waals surface area contributed by atoms with E-state index in [4.69, 9.17) is 0 Å². The van der Waals surface area contributed by atoms with Crippen LogP contribution in [0.5, 0.6) is 0 Å². The Morgan fingerprint density at radius 1 is 1.17 bits per heavy atom. The van der Waals surface area contributed by atoms with E-state index in [0.29, 0.717) is 4.83 Å². The fourth-order valence-electron chi connectivity index (χ4n) is 4.85. The number of likely N-dealkylation sites (tertiary alicyclic amines) is 1. The molecule has 1 unspecified atom stereocenters. The van der Waals surface area contributed by atoms with E-state index >= 15 is 0 Å². The fraction of sp³-hybridized carbons (Fsp3) is 0.550. The third-order valence-electron chi connectivity index (χ3n) is 6.15. The first-order valence-corrected chi connectivity index (χ1v) is 10.9. The fourth-order valence-corrected chi connectivity index (χ4v) is 5.87. The maximum Gasteiger partial charge on any atom is 0.393 e. The van der Waals surface area contributed by atoms with E-state index in [1.165, 1.54) is 11.9 Å². The Bertz CT molecular complexity index is 1060. The molecule has 2 saturated heterocycles. The Labute approximate surface area is 176 Å². The van der Waals surface area contributed by atoms with E-state index in [1.54, 1.807) is 6.07 Å². The summed E-state index contributed by atoms with van der Waals surface area (Å²) in [5, 5.41) is 4.99. The van der Waals surface area contributed by atoms with Crippen molar-refractivity contribution in [3.8, 4) is 0 Å². The van der Waals surface area contributed by atoms with Crippen LogP contribution in [-0.4, -0.2) is 57.0 Å². The molecule has 5 rings (SSSR count). The van der Waals surface area contributed by atoms with Crippen molar-refractivity contribution >= 4 is 27.4 Å². The van der Waals surface area contributed by atoms with E-state index in [0.717, 1.165) is 68.1 Å². The van der Waals surface area contributed by atoms with Gasteiger partial charge in [0.1, 0.15) is 17.0 Å². The summed E-state index contributed by atoms with van der Waals surface area (Å²) in [5.41, 5.74) is 1.43. The monoisotopic (exact) mass is 436 g/mol. The number of halogens is 3. The van der Waals surface area contributed by atoms with Gasteiger partial charge in [-0.1, -0.05) is 0 Å². The van der Waals surface area contributed by atoms with Gasteiger partial charge in [0.15, 0.2) is 0 Å². The van der Waals surface area contributed by atoms with Gasteiger partial charge in [0, 0.05) is 55.3 Å². The summed E-state index contributed by atoms with van der Waals surface area (Å²) < 4.78 is 40.3. The standard InChI is InChI=1S/C20H23F3N6S/c1-27-9-14(8-26-27)10-28-4-2-19(11-28)3-5-29(12-19)17-16-6-15(7-20(21,22)23)30-18(16)25-13-24-17/h6,8-9,13H,2-5,7,10-12H2,1H3. The highest BCUT2D eigenvalue weighted by Gasteiger charge is 2.44. The van der Waals surface area contributed by atoms with E-state index in [-0.39, 0.29) is 10.3 Å². The Morgan fingerprint density at radius 2 is 2.00 bits per heavy atom. The normalized spacial score (nSPS) is 22.7. The molecule has 0 amide bonds.